The number of anilines is 1. The first kappa shape index (κ1) is 26.3. The zero-order valence-corrected chi connectivity index (χ0v) is 20.6. The largest absolute Gasteiger partial charge is 0.505 e. The van der Waals surface area contributed by atoms with Gasteiger partial charge in [-0.1, -0.05) is 42.5 Å². The number of methoxy groups -OCH3 is 1. The van der Waals surface area contributed by atoms with Gasteiger partial charge in [0.15, 0.2) is 5.69 Å². The number of carbonyl (C=O) groups is 2. The van der Waals surface area contributed by atoms with Gasteiger partial charge in [-0.3, -0.25) is 9.59 Å². The molecule has 9 heteroatoms. The summed E-state index contributed by atoms with van der Waals surface area (Å²) in [5, 5.41) is 15.3. The average Bonchev–Trinajstić information content (AvgIpc) is 2.87. The first-order chi connectivity index (χ1) is 17.3. The third-order valence-electron chi connectivity index (χ3n) is 5.67. The number of urea groups is 1. The van der Waals surface area contributed by atoms with Gasteiger partial charge in [-0.2, -0.15) is 0 Å². The zero-order valence-electron chi connectivity index (χ0n) is 20.6. The Morgan fingerprint density at radius 3 is 2.64 bits per heavy atom. The van der Waals surface area contributed by atoms with Gasteiger partial charge in [-0.25, -0.2) is 4.79 Å². The molecule has 3 aromatic rings. The molecule has 3 N–H and O–H groups in total. The Bertz CT molecular complexity index is 1270. The summed E-state index contributed by atoms with van der Waals surface area (Å²) in [6.45, 7) is 2.00. The summed E-state index contributed by atoms with van der Waals surface area (Å²) in [5.41, 5.74) is 2.02. The number of rotatable bonds is 10. The fraction of sp³-hybridized carbons (Fsp3) is 0.296. The molecule has 9 nitrogen and oxygen atoms in total. The minimum absolute atomic E-state index is 0.0911. The number of nitrogens with zero attached hydrogens (tertiary/aromatic N) is 1. The fourth-order valence-corrected chi connectivity index (χ4v) is 3.85. The third kappa shape index (κ3) is 6.88. The van der Waals surface area contributed by atoms with Crippen LogP contribution in [0, 0.1) is 0 Å². The molecular weight excluding hydrogens is 462 g/mol. The number of esters is 1. The van der Waals surface area contributed by atoms with E-state index >= 15 is 0 Å². The Balaban J connectivity index is 1.83. The summed E-state index contributed by atoms with van der Waals surface area (Å²) in [5.74, 6) is 0.0723. The fourth-order valence-electron chi connectivity index (χ4n) is 3.85. The lowest BCUT2D eigenvalue weighted by molar-refractivity contribution is -0.143. The number of amides is 2. The number of hydrogen-bond acceptors (Lipinski definition) is 6. The van der Waals surface area contributed by atoms with Gasteiger partial charge in [0, 0.05) is 26.1 Å². The highest BCUT2D eigenvalue weighted by atomic mass is 16.5. The van der Waals surface area contributed by atoms with Gasteiger partial charge in [-0.15, -0.1) is 0 Å². The molecule has 1 atom stereocenters. The molecule has 2 aromatic carbocycles. The molecule has 3 rings (SSSR count). The van der Waals surface area contributed by atoms with Gasteiger partial charge in [-0.05, 0) is 42.2 Å². The maximum Gasteiger partial charge on any atom is 0.319 e. The third-order valence-corrected chi connectivity index (χ3v) is 5.67. The molecule has 0 aliphatic heterocycles. The van der Waals surface area contributed by atoms with Gasteiger partial charge < -0.3 is 29.8 Å². The standard InChI is InChI=1S/C27H31N3O6/c1-4-36-24(32)13-12-21(28-27(34)29-25-22(31)14-15-30(2)26(25)33)19-10-7-8-18(16-19)17-20-9-5-6-11-23(20)35-3/h5-11,14-16,21,31H,4,12-13,17H2,1-3H3,(H2,28,29,34)/t21-/m0/s1. The number of para-hydroxylation sites is 1. The van der Waals surface area contributed by atoms with E-state index in [0.29, 0.717) is 6.42 Å². The lowest BCUT2D eigenvalue weighted by Crippen LogP contribution is -2.35. The van der Waals surface area contributed by atoms with Gasteiger partial charge in [0.1, 0.15) is 11.5 Å². The minimum Gasteiger partial charge on any atom is -0.505 e. The van der Waals surface area contributed by atoms with E-state index in [1.165, 1.54) is 23.9 Å². The highest BCUT2D eigenvalue weighted by Gasteiger charge is 2.19. The highest BCUT2D eigenvalue weighted by Crippen LogP contribution is 2.25. The molecule has 0 aliphatic rings. The van der Waals surface area contributed by atoms with Crippen molar-refractivity contribution in [3.8, 4) is 11.5 Å². The molecule has 0 aliphatic carbocycles. The van der Waals surface area contributed by atoms with E-state index in [-0.39, 0.29) is 36.9 Å². The Labute approximate surface area is 209 Å². The first-order valence-electron chi connectivity index (χ1n) is 11.6. The Kier molecular flexibility index (Phi) is 9.10. The molecule has 2 amide bonds. The maximum atomic E-state index is 12.8. The van der Waals surface area contributed by atoms with Gasteiger partial charge >= 0.3 is 12.0 Å². The number of benzene rings is 2. The van der Waals surface area contributed by atoms with Gasteiger partial charge in [0.2, 0.25) is 0 Å². The summed E-state index contributed by atoms with van der Waals surface area (Å²) in [6.07, 6.45) is 2.38. The monoisotopic (exact) mass is 493 g/mol. The van der Waals surface area contributed by atoms with Crippen LogP contribution in [0.25, 0.3) is 0 Å². The van der Waals surface area contributed by atoms with Crippen LogP contribution in [-0.2, 0) is 23.0 Å². The number of aromatic nitrogens is 1. The number of carbonyl (C=O) groups excluding carboxylic acids is 2. The Hall–Kier alpha value is -4.27. The average molecular weight is 494 g/mol. The lowest BCUT2D eigenvalue weighted by atomic mass is 9.97. The van der Waals surface area contributed by atoms with Crippen LogP contribution in [0.4, 0.5) is 10.5 Å². The number of hydrogen-bond donors (Lipinski definition) is 3. The van der Waals surface area contributed by atoms with Crippen molar-refractivity contribution >= 4 is 17.7 Å². The molecule has 36 heavy (non-hydrogen) atoms. The van der Waals surface area contributed by atoms with Crippen LogP contribution in [-0.4, -0.2) is 35.4 Å². The van der Waals surface area contributed by atoms with Crippen LogP contribution in [0.15, 0.2) is 65.6 Å². The SMILES string of the molecule is CCOC(=O)CC[C@H](NC(=O)Nc1c(O)ccn(C)c1=O)c1cccc(Cc2ccccc2OC)c1. The van der Waals surface area contributed by atoms with E-state index < -0.39 is 17.6 Å². The van der Waals surface area contributed by atoms with E-state index in [1.54, 1.807) is 14.0 Å². The summed E-state index contributed by atoms with van der Waals surface area (Å²) in [4.78, 5) is 37.2. The molecule has 0 fully saturated rings. The van der Waals surface area contributed by atoms with Gasteiger partial charge in [0.05, 0.1) is 19.8 Å². The number of aryl methyl sites for hydroxylation is 1. The second-order valence-corrected chi connectivity index (χ2v) is 8.22. The summed E-state index contributed by atoms with van der Waals surface area (Å²) >= 11 is 0. The molecule has 1 heterocycles. The molecule has 190 valence electrons. The van der Waals surface area contributed by atoms with E-state index in [4.69, 9.17) is 9.47 Å². The van der Waals surface area contributed by atoms with Crippen molar-refractivity contribution in [1.29, 1.82) is 0 Å². The maximum absolute atomic E-state index is 12.8. The molecule has 0 saturated carbocycles. The number of nitrogens with one attached hydrogen (secondary N) is 2. The molecule has 0 bridgehead atoms. The van der Waals surface area contributed by atoms with Crippen molar-refractivity contribution in [2.45, 2.75) is 32.2 Å². The molecule has 0 unspecified atom stereocenters. The lowest BCUT2D eigenvalue weighted by Gasteiger charge is -2.20. The van der Waals surface area contributed by atoms with E-state index in [1.807, 2.05) is 48.5 Å². The summed E-state index contributed by atoms with van der Waals surface area (Å²) < 4.78 is 11.7. The van der Waals surface area contributed by atoms with Crippen LogP contribution in [0.5, 0.6) is 11.5 Å². The molecule has 0 spiro atoms. The van der Waals surface area contributed by atoms with Gasteiger partial charge in [0.25, 0.3) is 5.56 Å². The minimum atomic E-state index is -0.683. The van der Waals surface area contributed by atoms with Crippen LogP contribution >= 0.6 is 0 Å². The van der Waals surface area contributed by atoms with Crippen molar-refractivity contribution in [3.05, 3.63) is 87.8 Å². The van der Waals surface area contributed by atoms with Crippen molar-refractivity contribution in [1.82, 2.24) is 9.88 Å². The van der Waals surface area contributed by atoms with E-state index in [0.717, 1.165) is 22.4 Å². The second kappa shape index (κ2) is 12.4. The molecule has 0 radical (unpaired) electrons. The molecule has 1 aromatic heterocycles. The predicted molar refractivity (Wildman–Crippen MR) is 136 cm³/mol. The molecular formula is C27H31N3O6. The molecule has 0 saturated heterocycles. The van der Waals surface area contributed by atoms with Crippen molar-refractivity contribution in [2.24, 2.45) is 7.05 Å². The predicted octanol–water partition coefficient (Wildman–Crippen LogP) is 3.90. The van der Waals surface area contributed by atoms with E-state index in [2.05, 4.69) is 10.6 Å². The second-order valence-electron chi connectivity index (χ2n) is 8.22. The highest BCUT2D eigenvalue weighted by molar-refractivity contribution is 5.90. The van der Waals surface area contributed by atoms with Crippen LogP contribution in [0.2, 0.25) is 0 Å². The van der Waals surface area contributed by atoms with E-state index in [9.17, 15) is 19.5 Å². The summed E-state index contributed by atoms with van der Waals surface area (Å²) in [7, 11) is 3.14. The van der Waals surface area contributed by atoms with Crippen LogP contribution in [0.1, 0.15) is 42.5 Å². The Morgan fingerprint density at radius 1 is 1.11 bits per heavy atom. The number of aromatic hydroxyl groups is 1. The van der Waals surface area contributed by atoms with Crippen LogP contribution < -0.4 is 20.9 Å². The van der Waals surface area contributed by atoms with Crippen LogP contribution in [0.3, 0.4) is 0 Å². The zero-order chi connectivity index (χ0) is 26.1. The summed E-state index contributed by atoms with van der Waals surface area (Å²) in [6, 6.07) is 15.5. The first-order valence-corrected chi connectivity index (χ1v) is 11.6. The quantitative estimate of drug-likeness (QED) is 0.369. The van der Waals surface area contributed by atoms with Crippen molar-refractivity contribution in [3.63, 3.8) is 0 Å². The number of ether oxygens (including phenoxy) is 2. The number of pyridine rings is 1. The smallest absolute Gasteiger partial charge is 0.319 e. The topological polar surface area (TPSA) is 119 Å². The Morgan fingerprint density at radius 2 is 1.89 bits per heavy atom. The van der Waals surface area contributed by atoms with Crippen molar-refractivity contribution < 1.29 is 24.2 Å². The normalized spacial score (nSPS) is 11.4. The van der Waals surface area contributed by atoms with Crippen molar-refractivity contribution in [2.75, 3.05) is 19.0 Å².